The molecule has 2 aromatic rings. The molecule has 1 aliphatic rings. The number of hydrogen-bond acceptors (Lipinski definition) is 6. The molecule has 8 nitrogen and oxygen atoms in total. The molecule has 0 spiro atoms. The van der Waals surface area contributed by atoms with E-state index in [-0.39, 0.29) is 11.9 Å². The first-order valence-corrected chi connectivity index (χ1v) is 6.92. The van der Waals surface area contributed by atoms with Crippen LogP contribution in [-0.2, 0) is 16.6 Å². The Hall–Kier alpha value is -2.22. The molecule has 1 aliphatic heterocycles. The van der Waals surface area contributed by atoms with Crippen molar-refractivity contribution < 1.29 is 9.53 Å². The summed E-state index contributed by atoms with van der Waals surface area (Å²) in [5.41, 5.74) is 0.735. The van der Waals surface area contributed by atoms with Gasteiger partial charge >= 0.3 is 0 Å². The van der Waals surface area contributed by atoms with Gasteiger partial charge in [0.1, 0.15) is 18.2 Å². The standard InChI is InChI=1S/C13H18N6O2/c1-9(13(20)19-3-5-21-6-4-19)17-11-10-7-16-18(2)12(10)15-8-14-11/h7-9H,3-6H2,1-2H3,(H,14,15,17). The van der Waals surface area contributed by atoms with Gasteiger partial charge in [-0.05, 0) is 6.92 Å². The number of morpholine rings is 1. The molecule has 0 radical (unpaired) electrons. The van der Waals surface area contributed by atoms with Crippen molar-refractivity contribution in [2.75, 3.05) is 31.6 Å². The summed E-state index contributed by atoms with van der Waals surface area (Å²) in [6.45, 7) is 4.30. The van der Waals surface area contributed by atoms with Gasteiger partial charge in [-0.15, -0.1) is 0 Å². The van der Waals surface area contributed by atoms with Gasteiger partial charge in [-0.2, -0.15) is 5.10 Å². The Morgan fingerprint density at radius 2 is 2.14 bits per heavy atom. The minimum absolute atomic E-state index is 0.0500. The van der Waals surface area contributed by atoms with E-state index in [1.807, 2.05) is 18.9 Å². The van der Waals surface area contributed by atoms with Crippen LogP contribution in [0.15, 0.2) is 12.5 Å². The van der Waals surface area contributed by atoms with Crippen LogP contribution in [0.25, 0.3) is 11.0 Å². The van der Waals surface area contributed by atoms with Gasteiger partial charge < -0.3 is 15.0 Å². The molecule has 1 amide bonds. The summed E-state index contributed by atoms with van der Waals surface area (Å²) in [5.74, 6) is 0.677. The normalized spacial score (nSPS) is 17.0. The van der Waals surface area contributed by atoms with Crippen molar-refractivity contribution in [1.82, 2.24) is 24.6 Å². The van der Waals surface area contributed by atoms with Crippen molar-refractivity contribution >= 4 is 22.8 Å². The van der Waals surface area contributed by atoms with Crippen molar-refractivity contribution in [3.05, 3.63) is 12.5 Å². The molecular weight excluding hydrogens is 272 g/mol. The zero-order chi connectivity index (χ0) is 14.8. The summed E-state index contributed by atoms with van der Waals surface area (Å²) in [6.07, 6.45) is 3.17. The summed E-state index contributed by atoms with van der Waals surface area (Å²) in [7, 11) is 1.82. The van der Waals surface area contributed by atoms with Crippen LogP contribution in [0.3, 0.4) is 0 Å². The van der Waals surface area contributed by atoms with Gasteiger partial charge in [0.25, 0.3) is 0 Å². The lowest BCUT2D eigenvalue weighted by Gasteiger charge is -2.29. The van der Waals surface area contributed by atoms with E-state index in [0.717, 1.165) is 11.0 Å². The second kappa shape index (κ2) is 5.65. The highest BCUT2D eigenvalue weighted by Gasteiger charge is 2.23. The van der Waals surface area contributed by atoms with Crippen LogP contribution >= 0.6 is 0 Å². The monoisotopic (exact) mass is 290 g/mol. The molecule has 0 saturated carbocycles. The fourth-order valence-corrected chi connectivity index (χ4v) is 2.40. The molecule has 3 rings (SSSR count). The van der Waals surface area contributed by atoms with Gasteiger partial charge in [-0.3, -0.25) is 9.48 Å². The average Bonchev–Trinajstić information content (AvgIpc) is 2.90. The largest absolute Gasteiger partial charge is 0.378 e. The molecule has 1 unspecified atom stereocenters. The maximum atomic E-state index is 12.4. The maximum Gasteiger partial charge on any atom is 0.244 e. The number of fused-ring (bicyclic) bond motifs is 1. The molecule has 0 aromatic carbocycles. The summed E-state index contributed by atoms with van der Waals surface area (Å²) >= 11 is 0. The van der Waals surface area contributed by atoms with Crippen molar-refractivity contribution in [3.8, 4) is 0 Å². The number of nitrogens with zero attached hydrogens (tertiary/aromatic N) is 5. The number of carbonyl (C=O) groups excluding carboxylic acids is 1. The molecule has 1 fully saturated rings. The van der Waals surface area contributed by atoms with Crippen LogP contribution in [0.2, 0.25) is 0 Å². The smallest absolute Gasteiger partial charge is 0.244 e. The van der Waals surface area contributed by atoms with E-state index in [4.69, 9.17) is 4.74 Å². The number of rotatable bonds is 3. The lowest BCUT2D eigenvalue weighted by molar-refractivity contribution is -0.135. The minimum Gasteiger partial charge on any atom is -0.378 e. The molecule has 112 valence electrons. The van der Waals surface area contributed by atoms with Crippen molar-refractivity contribution in [2.24, 2.45) is 7.05 Å². The van der Waals surface area contributed by atoms with E-state index < -0.39 is 0 Å². The van der Waals surface area contributed by atoms with E-state index in [9.17, 15) is 4.79 Å². The van der Waals surface area contributed by atoms with E-state index in [1.165, 1.54) is 6.33 Å². The van der Waals surface area contributed by atoms with Crippen molar-refractivity contribution in [2.45, 2.75) is 13.0 Å². The average molecular weight is 290 g/mol. The van der Waals surface area contributed by atoms with Gasteiger partial charge in [-0.25, -0.2) is 9.97 Å². The molecule has 2 aromatic heterocycles. The SMILES string of the molecule is CC(Nc1ncnc2c1cnn2C)C(=O)N1CCOCC1. The van der Waals surface area contributed by atoms with Crippen LogP contribution in [0.1, 0.15) is 6.92 Å². The van der Waals surface area contributed by atoms with Crippen molar-refractivity contribution in [3.63, 3.8) is 0 Å². The van der Waals surface area contributed by atoms with Gasteiger partial charge in [0.15, 0.2) is 5.65 Å². The summed E-state index contributed by atoms with van der Waals surface area (Å²) < 4.78 is 6.94. The Morgan fingerprint density at radius 1 is 1.38 bits per heavy atom. The molecule has 8 heteroatoms. The predicted octanol–water partition coefficient (Wildman–Crippen LogP) is 0.0225. The lowest BCUT2D eigenvalue weighted by Crippen LogP contribution is -2.47. The molecule has 1 N–H and O–H groups in total. The van der Waals surface area contributed by atoms with E-state index >= 15 is 0 Å². The van der Waals surface area contributed by atoms with E-state index in [2.05, 4.69) is 20.4 Å². The molecule has 1 atom stereocenters. The number of ether oxygens (including phenoxy) is 1. The first-order chi connectivity index (χ1) is 10.2. The van der Waals surface area contributed by atoms with Crippen LogP contribution in [0, 0.1) is 0 Å². The Labute approximate surface area is 122 Å². The number of aromatic nitrogens is 4. The molecule has 1 saturated heterocycles. The van der Waals surface area contributed by atoms with Gasteiger partial charge in [-0.1, -0.05) is 0 Å². The van der Waals surface area contributed by atoms with Crippen LogP contribution in [0.5, 0.6) is 0 Å². The van der Waals surface area contributed by atoms with E-state index in [1.54, 1.807) is 10.9 Å². The molecule has 21 heavy (non-hydrogen) atoms. The first-order valence-electron chi connectivity index (χ1n) is 6.92. The maximum absolute atomic E-state index is 12.4. The minimum atomic E-state index is -0.360. The van der Waals surface area contributed by atoms with Gasteiger partial charge in [0.05, 0.1) is 24.8 Å². The summed E-state index contributed by atoms with van der Waals surface area (Å²) in [4.78, 5) is 22.6. The number of amides is 1. The van der Waals surface area contributed by atoms with Crippen LogP contribution in [0.4, 0.5) is 5.82 Å². The fourth-order valence-electron chi connectivity index (χ4n) is 2.40. The predicted molar refractivity (Wildman–Crippen MR) is 76.8 cm³/mol. The summed E-state index contributed by atoms with van der Waals surface area (Å²) in [5, 5.41) is 8.13. The Morgan fingerprint density at radius 3 is 2.90 bits per heavy atom. The van der Waals surface area contributed by atoms with Crippen molar-refractivity contribution in [1.29, 1.82) is 0 Å². The number of nitrogens with one attached hydrogen (secondary N) is 1. The van der Waals surface area contributed by atoms with Gasteiger partial charge in [0, 0.05) is 20.1 Å². The zero-order valence-corrected chi connectivity index (χ0v) is 12.1. The molecule has 0 aliphatic carbocycles. The number of hydrogen-bond donors (Lipinski definition) is 1. The van der Waals surface area contributed by atoms with Gasteiger partial charge in [0.2, 0.25) is 5.91 Å². The Balaban J connectivity index is 1.76. The van der Waals surface area contributed by atoms with Crippen LogP contribution < -0.4 is 5.32 Å². The highest BCUT2D eigenvalue weighted by molar-refractivity contribution is 5.90. The second-order valence-corrected chi connectivity index (χ2v) is 5.03. The second-order valence-electron chi connectivity index (χ2n) is 5.03. The highest BCUT2D eigenvalue weighted by Crippen LogP contribution is 2.18. The quantitative estimate of drug-likeness (QED) is 0.858. The number of carbonyl (C=O) groups is 1. The topological polar surface area (TPSA) is 85.2 Å². The Bertz CT molecular complexity index is 649. The fraction of sp³-hybridized carbons (Fsp3) is 0.538. The summed E-state index contributed by atoms with van der Waals surface area (Å²) in [6, 6.07) is -0.360. The Kier molecular flexibility index (Phi) is 3.70. The molecular formula is C13H18N6O2. The third-order valence-electron chi connectivity index (χ3n) is 3.58. The molecule has 0 bridgehead atoms. The molecule has 3 heterocycles. The van der Waals surface area contributed by atoms with Crippen LogP contribution in [-0.4, -0.2) is 62.9 Å². The van der Waals surface area contributed by atoms with E-state index in [0.29, 0.717) is 32.1 Å². The first kappa shape index (κ1) is 13.7. The highest BCUT2D eigenvalue weighted by atomic mass is 16.5. The third kappa shape index (κ3) is 2.66. The third-order valence-corrected chi connectivity index (χ3v) is 3.58. The zero-order valence-electron chi connectivity index (χ0n) is 12.1. The number of anilines is 1. The number of aryl methyl sites for hydroxylation is 1. The lowest BCUT2D eigenvalue weighted by atomic mass is 10.2.